The van der Waals surface area contributed by atoms with Gasteiger partial charge in [-0.25, -0.2) is 9.97 Å². The topological polar surface area (TPSA) is 70.6 Å². The van der Waals surface area contributed by atoms with Crippen LogP contribution in [0.4, 0.5) is 11.6 Å². The summed E-state index contributed by atoms with van der Waals surface area (Å²) in [5.41, 5.74) is 0. The van der Waals surface area contributed by atoms with Gasteiger partial charge in [0.25, 0.3) is 0 Å². The van der Waals surface area contributed by atoms with Crippen molar-refractivity contribution in [3.8, 4) is 0 Å². The number of nitrogens with zero attached hydrogens (tertiary/aromatic N) is 4. The van der Waals surface area contributed by atoms with E-state index in [1.807, 2.05) is 0 Å². The van der Waals surface area contributed by atoms with Gasteiger partial charge in [0.05, 0.1) is 25.2 Å². The monoisotopic (exact) mass is 317 g/mol. The molecule has 3 fully saturated rings. The number of carbonyl (C=O) groups is 1. The molecule has 1 aromatic heterocycles. The molecule has 7 nitrogen and oxygen atoms in total. The SMILES string of the molecule is O=C1N[C@@H]2COC[C@H]1CN(c1cc(N3CCCCC3)ncn1)C2. The van der Waals surface area contributed by atoms with E-state index in [1.165, 1.54) is 19.3 Å². The van der Waals surface area contributed by atoms with Gasteiger partial charge in [-0.05, 0) is 19.3 Å². The van der Waals surface area contributed by atoms with E-state index in [4.69, 9.17) is 4.74 Å². The second-order valence-electron chi connectivity index (χ2n) is 6.63. The second kappa shape index (κ2) is 6.31. The van der Waals surface area contributed by atoms with Crippen LogP contribution in [0.2, 0.25) is 0 Å². The number of carbonyl (C=O) groups excluding carboxylic acids is 1. The van der Waals surface area contributed by atoms with Gasteiger partial charge in [0.15, 0.2) is 0 Å². The molecule has 2 atom stereocenters. The van der Waals surface area contributed by atoms with E-state index in [0.717, 1.165) is 31.3 Å². The summed E-state index contributed by atoms with van der Waals surface area (Å²) in [6, 6.07) is 2.10. The lowest BCUT2D eigenvalue weighted by molar-refractivity contribution is -0.124. The van der Waals surface area contributed by atoms with Crippen LogP contribution in [0.1, 0.15) is 19.3 Å². The standard InChI is InChI=1S/C16H23N5O2/c22-16-12-7-21(8-13(19-16)10-23-9-12)15-6-14(17-11-18-15)20-4-2-1-3-5-20/h6,11-13H,1-5,7-10H2,(H,19,22)/t12-,13+/m1/s1. The van der Waals surface area contributed by atoms with Gasteiger partial charge in [-0.3, -0.25) is 4.79 Å². The van der Waals surface area contributed by atoms with E-state index >= 15 is 0 Å². The molecule has 124 valence electrons. The summed E-state index contributed by atoms with van der Waals surface area (Å²) >= 11 is 0. The van der Waals surface area contributed by atoms with Gasteiger partial charge in [0.1, 0.15) is 18.0 Å². The molecule has 2 bridgehead atoms. The van der Waals surface area contributed by atoms with E-state index in [-0.39, 0.29) is 17.9 Å². The number of amides is 1. The number of aromatic nitrogens is 2. The molecule has 0 saturated carbocycles. The number of anilines is 2. The molecule has 3 saturated heterocycles. The number of hydrogen-bond acceptors (Lipinski definition) is 6. The summed E-state index contributed by atoms with van der Waals surface area (Å²) in [6.45, 7) is 4.58. The molecule has 0 radical (unpaired) electrons. The lowest BCUT2D eigenvalue weighted by Gasteiger charge is -2.31. The van der Waals surface area contributed by atoms with Crippen LogP contribution in [0.3, 0.4) is 0 Å². The number of hydrogen-bond donors (Lipinski definition) is 1. The summed E-state index contributed by atoms with van der Waals surface area (Å²) in [7, 11) is 0. The smallest absolute Gasteiger partial charge is 0.227 e. The Bertz CT molecular complexity index is 575. The summed E-state index contributed by atoms with van der Waals surface area (Å²) in [5, 5.41) is 3.06. The van der Waals surface area contributed by atoms with Gasteiger partial charge >= 0.3 is 0 Å². The molecule has 23 heavy (non-hydrogen) atoms. The second-order valence-corrected chi connectivity index (χ2v) is 6.63. The first-order chi connectivity index (χ1) is 11.3. The van der Waals surface area contributed by atoms with Crippen molar-refractivity contribution in [3.05, 3.63) is 12.4 Å². The van der Waals surface area contributed by atoms with E-state index in [9.17, 15) is 4.79 Å². The molecule has 0 unspecified atom stereocenters. The molecule has 1 N–H and O–H groups in total. The van der Waals surface area contributed by atoms with Crippen LogP contribution < -0.4 is 15.1 Å². The van der Waals surface area contributed by atoms with Crippen molar-refractivity contribution in [3.63, 3.8) is 0 Å². The number of piperidine rings is 1. The van der Waals surface area contributed by atoms with Gasteiger partial charge in [0, 0.05) is 32.2 Å². The first kappa shape index (κ1) is 14.7. The molecule has 1 aromatic rings. The zero-order chi connectivity index (χ0) is 15.6. The highest BCUT2D eigenvalue weighted by Gasteiger charge is 2.33. The molecule has 0 aromatic carbocycles. The maximum Gasteiger partial charge on any atom is 0.227 e. The van der Waals surface area contributed by atoms with Crippen LogP contribution in [0.5, 0.6) is 0 Å². The average Bonchev–Trinajstić information content (AvgIpc) is 2.84. The van der Waals surface area contributed by atoms with Crippen molar-refractivity contribution in [1.29, 1.82) is 0 Å². The number of rotatable bonds is 2. The number of nitrogens with one attached hydrogen (secondary N) is 1. The third-order valence-electron chi connectivity index (χ3n) is 4.88. The Kier molecular flexibility index (Phi) is 4.03. The third-order valence-corrected chi connectivity index (χ3v) is 4.88. The molecule has 1 amide bonds. The Morgan fingerprint density at radius 2 is 1.83 bits per heavy atom. The summed E-state index contributed by atoms with van der Waals surface area (Å²) in [4.78, 5) is 25.6. The largest absolute Gasteiger partial charge is 0.378 e. The molecule has 3 aliphatic heterocycles. The molecule has 7 heteroatoms. The molecule has 3 aliphatic rings. The maximum atomic E-state index is 12.1. The van der Waals surface area contributed by atoms with Crippen LogP contribution in [-0.4, -0.2) is 61.3 Å². The Balaban J connectivity index is 1.56. The van der Waals surface area contributed by atoms with Crippen molar-refractivity contribution in [2.24, 2.45) is 5.92 Å². The minimum absolute atomic E-state index is 0.0309. The number of fused-ring (bicyclic) bond motifs is 3. The van der Waals surface area contributed by atoms with E-state index in [0.29, 0.717) is 19.8 Å². The normalized spacial score (nSPS) is 28.3. The van der Waals surface area contributed by atoms with Gasteiger partial charge in [0.2, 0.25) is 5.91 Å². The lowest BCUT2D eigenvalue weighted by Crippen LogP contribution is -2.42. The van der Waals surface area contributed by atoms with E-state index in [1.54, 1.807) is 6.33 Å². The number of ether oxygens (including phenoxy) is 1. The fraction of sp³-hybridized carbons (Fsp3) is 0.688. The van der Waals surface area contributed by atoms with E-state index in [2.05, 4.69) is 31.2 Å². The van der Waals surface area contributed by atoms with Crippen LogP contribution >= 0.6 is 0 Å². The molecular weight excluding hydrogens is 294 g/mol. The fourth-order valence-electron chi connectivity index (χ4n) is 3.62. The van der Waals surface area contributed by atoms with Crippen molar-refractivity contribution in [2.75, 3.05) is 49.2 Å². The van der Waals surface area contributed by atoms with Gasteiger partial charge < -0.3 is 19.9 Å². The minimum atomic E-state index is -0.129. The highest BCUT2D eigenvalue weighted by molar-refractivity contribution is 5.80. The quantitative estimate of drug-likeness (QED) is 0.852. The lowest BCUT2D eigenvalue weighted by atomic mass is 10.1. The third kappa shape index (κ3) is 3.10. The summed E-state index contributed by atoms with van der Waals surface area (Å²) in [6.07, 6.45) is 5.40. The average molecular weight is 317 g/mol. The van der Waals surface area contributed by atoms with E-state index < -0.39 is 0 Å². The van der Waals surface area contributed by atoms with Crippen molar-refractivity contribution >= 4 is 17.5 Å². The Labute approximate surface area is 136 Å². The molecular formula is C16H23N5O2. The van der Waals surface area contributed by atoms with Crippen molar-refractivity contribution < 1.29 is 9.53 Å². The fourth-order valence-corrected chi connectivity index (χ4v) is 3.62. The summed E-state index contributed by atoms with van der Waals surface area (Å²) in [5.74, 6) is 1.88. The predicted molar refractivity (Wildman–Crippen MR) is 86.5 cm³/mol. The highest BCUT2D eigenvalue weighted by Crippen LogP contribution is 2.24. The van der Waals surface area contributed by atoms with Crippen molar-refractivity contribution in [1.82, 2.24) is 15.3 Å². The van der Waals surface area contributed by atoms with Gasteiger partial charge in [-0.1, -0.05) is 0 Å². The molecule has 4 heterocycles. The Morgan fingerprint density at radius 1 is 1.04 bits per heavy atom. The molecule has 0 spiro atoms. The zero-order valence-corrected chi connectivity index (χ0v) is 13.3. The predicted octanol–water partition coefficient (Wildman–Crippen LogP) is 0.418. The van der Waals surface area contributed by atoms with Crippen LogP contribution in [0.15, 0.2) is 12.4 Å². The van der Waals surface area contributed by atoms with Gasteiger partial charge in [-0.15, -0.1) is 0 Å². The summed E-state index contributed by atoms with van der Waals surface area (Å²) < 4.78 is 5.58. The molecule has 0 aliphatic carbocycles. The van der Waals surface area contributed by atoms with Crippen molar-refractivity contribution in [2.45, 2.75) is 25.3 Å². The minimum Gasteiger partial charge on any atom is -0.378 e. The van der Waals surface area contributed by atoms with Crippen LogP contribution in [-0.2, 0) is 9.53 Å². The van der Waals surface area contributed by atoms with Crippen LogP contribution in [0, 0.1) is 5.92 Å². The maximum absolute atomic E-state index is 12.1. The molecule has 4 rings (SSSR count). The van der Waals surface area contributed by atoms with Gasteiger partial charge in [-0.2, -0.15) is 0 Å². The highest BCUT2D eigenvalue weighted by atomic mass is 16.5. The first-order valence-electron chi connectivity index (χ1n) is 8.49. The Morgan fingerprint density at radius 3 is 2.65 bits per heavy atom. The Hall–Kier alpha value is -1.89. The first-order valence-corrected chi connectivity index (χ1v) is 8.49. The zero-order valence-electron chi connectivity index (χ0n) is 13.3. The van der Waals surface area contributed by atoms with Crippen LogP contribution in [0.25, 0.3) is 0 Å².